The van der Waals surface area contributed by atoms with Gasteiger partial charge in [-0.1, -0.05) is 12.1 Å². The third-order valence-corrected chi connectivity index (χ3v) is 3.58. The molecular formula is C15H22N2O3. The molecular weight excluding hydrogens is 256 g/mol. The maximum Gasteiger partial charge on any atom is 0.241 e. The van der Waals surface area contributed by atoms with Crippen LogP contribution < -0.4 is 11.1 Å². The summed E-state index contributed by atoms with van der Waals surface area (Å²) in [6, 6.07) is 7.12. The lowest BCUT2D eigenvalue weighted by Crippen LogP contribution is -2.44. The normalized spacial score (nSPS) is 17.7. The largest absolute Gasteiger partial charge is 0.381 e. The van der Waals surface area contributed by atoms with Crippen molar-refractivity contribution in [1.82, 2.24) is 0 Å². The average Bonchev–Trinajstić information content (AvgIpc) is 2.48. The summed E-state index contributed by atoms with van der Waals surface area (Å²) in [6.07, 6.45) is 1.69. The Bertz CT molecular complexity index is 444. The van der Waals surface area contributed by atoms with E-state index in [-0.39, 0.29) is 11.8 Å². The van der Waals surface area contributed by atoms with Gasteiger partial charge < -0.3 is 20.5 Å². The van der Waals surface area contributed by atoms with Crippen molar-refractivity contribution in [3.05, 3.63) is 29.8 Å². The Labute approximate surface area is 119 Å². The molecule has 0 bridgehead atoms. The Kier molecular flexibility index (Phi) is 5.52. The van der Waals surface area contributed by atoms with Gasteiger partial charge in [-0.25, -0.2) is 0 Å². The molecule has 0 spiro atoms. The molecule has 0 aliphatic carbocycles. The van der Waals surface area contributed by atoms with Crippen molar-refractivity contribution in [3.8, 4) is 0 Å². The van der Waals surface area contributed by atoms with Crippen molar-refractivity contribution in [3.63, 3.8) is 0 Å². The van der Waals surface area contributed by atoms with Gasteiger partial charge in [0.25, 0.3) is 0 Å². The summed E-state index contributed by atoms with van der Waals surface area (Å²) >= 11 is 0. The number of rotatable bonds is 5. The topological polar surface area (TPSA) is 73.6 Å². The fourth-order valence-corrected chi connectivity index (χ4v) is 2.42. The van der Waals surface area contributed by atoms with Gasteiger partial charge in [0.2, 0.25) is 5.91 Å². The first kappa shape index (κ1) is 15.0. The van der Waals surface area contributed by atoms with Crippen LogP contribution in [0.3, 0.4) is 0 Å². The minimum Gasteiger partial charge on any atom is -0.381 e. The van der Waals surface area contributed by atoms with Crippen LogP contribution in [0.25, 0.3) is 0 Å². The molecule has 1 atom stereocenters. The summed E-state index contributed by atoms with van der Waals surface area (Å²) in [5, 5.41) is 2.88. The van der Waals surface area contributed by atoms with E-state index in [9.17, 15) is 4.79 Å². The van der Waals surface area contributed by atoms with E-state index in [4.69, 9.17) is 15.2 Å². The molecule has 1 unspecified atom stereocenters. The van der Waals surface area contributed by atoms with E-state index in [1.54, 1.807) is 7.11 Å². The first-order valence-corrected chi connectivity index (χ1v) is 6.93. The molecule has 0 aromatic heterocycles. The summed E-state index contributed by atoms with van der Waals surface area (Å²) in [4.78, 5) is 12.2. The molecule has 1 aromatic rings. The fourth-order valence-electron chi connectivity index (χ4n) is 2.42. The molecule has 3 N–H and O–H groups in total. The molecule has 0 radical (unpaired) electrons. The third-order valence-electron chi connectivity index (χ3n) is 3.58. The molecule has 20 heavy (non-hydrogen) atoms. The molecule has 5 heteroatoms. The molecule has 1 aliphatic heterocycles. The minimum atomic E-state index is -0.481. The quantitative estimate of drug-likeness (QED) is 0.856. The van der Waals surface area contributed by atoms with Gasteiger partial charge in [-0.2, -0.15) is 0 Å². The molecule has 1 amide bonds. The zero-order valence-electron chi connectivity index (χ0n) is 11.8. The van der Waals surface area contributed by atoms with Crippen LogP contribution in [0.1, 0.15) is 18.4 Å². The van der Waals surface area contributed by atoms with Crippen molar-refractivity contribution in [2.24, 2.45) is 11.7 Å². The number of ether oxygens (including phenoxy) is 2. The highest BCUT2D eigenvalue weighted by Gasteiger charge is 2.26. The Morgan fingerprint density at radius 1 is 1.50 bits per heavy atom. The van der Waals surface area contributed by atoms with Crippen LogP contribution in [-0.4, -0.2) is 32.3 Å². The summed E-state index contributed by atoms with van der Waals surface area (Å²) in [5.41, 5.74) is 7.82. The Hall–Kier alpha value is -1.43. The number of carbonyl (C=O) groups excluding carboxylic acids is 1. The van der Waals surface area contributed by atoms with E-state index < -0.39 is 6.04 Å². The Morgan fingerprint density at radius 3 is 2.95 bits per heavy atom. The molecule has 2 rings (SSSR count). The van der Waals surface area contributed by atoms with Gasteiger partial charge >= 0.3 is 0 Å². The highest BCUT2D eigenvalue weighted by molar-refractivity contribution is 5.94. The van der Waals surface area contributed by atoms with Gasteiger partial charge in [-0.15, -0.1) is 0 Å². The number of carbonyl (C=O) groups is 1. The average molecular weight is 278 g/mol. The van der Waals surface area contributed by atoms with E-state index in [1.165, 1.54) is 0 Å². The smallest absolute Gasteiger partial charge is 0.241 e. The molecule has 110 valence electrons. The predicted molar refractivity (Wildman–Crippen MR) is 77.3 cm³/mol. The third kappa shape index (κ3) is 4.03. The zero-order valence-corrected chi connectivity index (χ0v) is 11.8. The number of nitrogens with one attached hydrogen (secondary N) is 1. The van der Waals surface area contributed by atoms with E-state index >= 15 is 0 Å². The number of hydrogen-bond acceptors (Lipinski definition) is 4. The van der Waals surface area contributed by atoms with E-state index in [0.717, 1.165) is 24.1 Å². The van der Waals surface area contributed by atoms with Gasteiger partial charge in [-0.3, -0.25) is 4.79 Å². The molecule has 5 nitrogen and oxygen atoms in total. The second kappa shape index (κ2) is 7.38. The number of benzene rings is 1. The number of methoxy groups -OCH3 is 1. The molecule has 1 fully saturated rings. The second-order valence-corrected chi connectivity index (χ2v) is 5.10. The van der Waals surface area contributed by atoms with Gasteiger partial charge in [0, 0.05) is 26.0 Å². The molecule has 1 aliphatic rings. The van der Waals surface area contributed by atoms with Gasteiger partial charge in [-0.05, 0) is 36.5 Å². The first-order chi connectivity index (χ1) is 9.70. The lowest BCUT2D eigenvalue weighted by molar-refractivity contribution is -0.119. The van der Waals surface area contributed by atoms with E-state index in [0.29, 0.717) is 19.8 Å². The fraction of sp³-hybridized carbons (Fsp3) is 0.533. The van der Waals surface area contributed by atoms with Crippen LogP contribution in [0.4, 0.5) is 5.69 Å². The van der Waals surface area contributed by atoms with Crippen LogP contribution in [0, 0.1) is 5.92 Å². The molecule has 1 heterocycles. The summed E-state index contributed by atoms with van der Waals surface area (Å²) < 4.78 is 10.4. The van der Waals surface area contributed by atoms with Crippen LogP contribution in [0.2, 0.25) is 0 Å². The summed E-state index contributed by atoms with van der Waals surface area (Å²) in [7, 11) is 1.65. The second-order valence-electron chi connectivity index (χ2n) is 5.10. The molecule has 1 saturated heterocycles. The van der Waals surface area contributed by atoms with Crippen LogP contribution in [-0.2, 0) is 20.9 Å². The van der Waals surface area contributed by atoms with Gasteiger partial charge in [0.05, 0.1) is 12.6 Å². The standard InChI is InChI=1S/C15H22N2O3/c1-19-10-11-3-2-4-13(9-11)17-15(18)14(16)12-5-7-20-8-6-12/h2-4,9,12,14H,5-8,10,16H2,1H3,(H,17,18). The van der Waals surface area contributed by atoms with Crippen molar-refractivity contribution in [1.29, 1.82) is 0 Å². The SMILES string of the molecule is COCc1cccc(NC(=O)C(N)C2CCOCC2)c1. The van der Waals surface area contributed by atoms with Crippen LogP contribution in [0.15, 0.2) is 24.3 Å². The van der Waals surface area contributed by atoms with E-state index in [2.05, 4.69) is 5.32 Å². The summed E-state index contributed by atoms with van der Waals surface area (Å²) in [5.74, 6) is 0.0670. The molecule has 0 saturated carbocycles. The van der Waals surface area contributed by atoms with Crippen molar-refractivity contribution >= 4 is 11.6 Å². The Morgan fingerprint density at radius 2 is 2.25 bits per heavy atom. The number of hydrogen-bond donors (Lipinski definition) is 2. The maximum absolute atomic E-state index is 12.2. The number of anilines is 1. The number of amides is 1. The maximum atomic E-state index is 12.2. The first-order valence-electron chi connectivity index (χ1n) is 6.93. The lowest BCUT2D eigenvalue weighted by Gasteiger charge is -2.26. The van der Waals surface area contributed by atoms with E-state index in [1.807, 2.05) is 24.3 Å². The molecule has 1 aromatic carbocycles. The highest BCUT2D eigenvalue weighted by atomic mass is 16.5. The van der Waals surface area contributed by atoms with Gasteiger partial charge in [0.15, 0.2) is 0 Å². The zero-order chi connectivity index (χ0) is 14.4. The van der Waals surface area contributed by atoms with Crippen molar-refractivity contribution in [2.45, 2.75) is 25.5 Å². The van der Waals surface area contributed by atoms with Crippen molar-refractivity contribution < 1.29 is 14.3 Å². The Balaban J connectivity index is 1.94. The van der Waals surface area contributed by atoms with Crippen molar-refractivity contribution in [2.75, 3.05) is 25.6 Å². The van der Waals surface area contributed by atoms with Crippen LogP contribution >= 0.6 is 0 Å². The number of nitrogens with two attached hydrogens (primary N) is 1. The highest BCUT2D eigenvalue weighted by Crippen LogP contribution is 2.19. The van der Waals surface area contributed by atoms with Gasteiger partial charge in [0.1, 0.15) is 0 Å². The minimum absolute atomic E-state index is 0.133. The lowest BCUT2D eigenvalue weighted by atomic mass is 9.92. The predicted octanol–water partition coefficient (Wildman–Crippen LogP) is 1.53. The van der Waals surface area contributed by atoms with Crippen LogP contribution in [0.5, 0.6) is 0 Å². The monoisotopic (exact) mass is 278 g/mol. The summed E-state index contributed by atoms with van der Waals surface area (Å²) in [6.45, 7) is 1.90.